The van der Waals surface area contributed by atoms with Crippen LogP contribution in [0.5, 0.6) is 0 Å². The topological polar surface area (TPSA) is 38.3 Å². The maximum atomic E-state index is 12.3. The van der Waals surface area contributed by atoms with Crippen LogP contribution in [-0.2, 0) is 17.6 Å². The SMILES string of the molecule is CCc1cc(C)cc(CC)c1C#CCNC(=O)OCC1c2ccccc2-c2ccccc21. The van der Waals surface area contributed by atoms with Gasteiger partial charge in [0.2, 0.25) is 0 Å². The number of benzene rings is 3. The quantitative estimate of drug-likeness (QED) is 0.510. The van der Waals surface area contributed by atoms with Gasteiger partial charge in [-0.05, 0) is 53.1 Å². The average Bonchev–Trinajstić information content (AvgIpc) is 3.14. The fourth-order valence-corrected chi connectivity index (χ4v) is 4.56. The molecule has 0 atom stereocenters. The minimum absolute atomic E-state index is 0.0611. The Hall–Kier alpha value is -3.51. The third-order valence-corrected chi connectivity index (χ3v) is 6.09. The van der Waals surface area contributed by atoms with Crippen LogP contribution in [0.4, 0.5) is 4.79 Å². The van der Waals surface area contributed by atoms with Gasteiger partial charge >= 0.3 is 6.09 Å². The summed E-state index contributed by atoms with van der Waals surface area (Å²) in [6.45, 7) is 6.99. The van der Waals surface area contributed by atoms with Gasteiger partial charge in [-0.25, -0.2) is 4.79 Å². The molecule has 1 aliphatic rings. The molecule has 0 radical (unpaired) electrons. The number of aryl methyl sites for hydroxylation is 3. The zero-order valence-electron chi connectivity index (χ0n) is 19.0. The standard InChI is InChI=1S/C29H29NO2/c1-4-21-17-20(3)18-22(5-2)23(21)15-10-16-30-29(31)32-19-28-26-13-8-6-11-24(26)25-12-7-9-14-27(25)28/h6-9,11-14,17-18,28H,4-5,16,19H2,1-3H3,(H,30,31). The summed E-state index contributed by atoms with van der Waals surface area (Å²) < 4.78 is 5.58. The van der Waals surface area contributed by atoms with E-state index in [-0.39, 0.29) is 12.5 Å². The number of ether oxygens (including phenoxy) is 1. The molecule has 4 rings (SSSR count). The van der Waals surface area contributed by atoms with Crippen molar-refractivity contribution in [1.29, 1.82) is 0 Å². The van der Waals surface area contributed by atoms with E-state index in [1.807, 2.05) is 24.3 Å². The van der Waals surface area contributed by atoms with Crippen molar-refractivity contribution in [2.24, 2.45) is 0 Å². The van der Waals surface area contributed by atoms with Gasteiger partial charge in [0.15, 0.2) is 0 Å². The molecule has 1 aliphatic carbocycles. The number of nitrogens with one attached hydrogen (secondary N) is 1. The van der Waals surface area contributed by atoms with E-state index in [1.165, 1.54) is 38.9 Å². The first kappa shape index (κ1) is 21.7. The maximum Gasteiger partial charge on any atom is 0.407 e. The second kappa shape index (κ2) is 9.75. The Bertz CT molecular complexity index is 1130. The van der Waals surface area contributed by atoms with Crippen LogP contribution in [0.1, 0.15) is 53.1 Å². The van der Waals surface area contributed by atoms with E-state index in [2.05, 4.69) is 74.3 Å². The molecule has 1 N–H and O–H groups in total. The number of alkyl carbamates (subject to hydrolysis) is 1. The molecule has 0 aromatic heterocycles. The lowest BCUT2D eigenvalue weighted by Crippen LogP contribution is -2.26. The highest BCUT2D eigenvalue weighted by Crippen LogP contribution is 2.44. The van der Waals surface area contributed by atoms with Gasteiger partial charge < -0.3 is 10.1 Å². The fourth-order valence-electron chi connectivity index (χ4n) is 4.56. The van der Waals surface area contributed by atoms with E-state index in [0.717, 1.165) is 18.4 Å². The van der Waals surface area contributed by atoms with Crippen molar-refractivity contribution in [2.75, 3.05) is 13.2 Å². The van der Waals surface area contributed by atoms with Crippen molar-refractivity contribution in [2.45, 2.75) is 39.5 Å². The Morgan fingerprint density at radius 2 is 1.50 bits per heavy atom. The molecule has 0 spiro atoms. The normalized spacial score (nSPS) is 11.8. The van der Waals surface area contributed by atoms with Crippen LogP contribution in [0, 0.1) is 18.8 Å². The van der Waals surface area contributed by atoms with E-state index in [0.29, 0.717) is 6.61 Å². The van der Waals surface area contributed by atoms with Crippen molar-refractivity contribution < 1.29 is 9.53 Å². The van der Waals surface area contributed by atoms with E-state index in [1.54, 1.807) is 0 Å². The molecular weight excluding hydrogens is 394 g/mol. The first-order chi connectivity index (χ1) is 15.6. The summed E-state index contributed by atoms with van der Waals surface area (Å²) in [6.07, 6.45) is 1.45. The third kappa shape index (κ3) is 4.41. The van der Waals surface area contributed by atoms with Gasteiger partial charge in [-0.2, -0.15) is 0 Å². The summed E-state index contributed by atoms with van der Waals surface area (Å²) in [5.74, 6) is 6.43. The largest absolute Gasteiger partial charge is 0.449 e. The Morgan fingerprint density at radius 1 is 0.938 bits per heavy atom. The number of amides is 1. The Kier molecular flexibility index (Phi) is 6.61. The second-order valence-corrected chi connectivity index (χ2v) is 8.15. The van der Waals surface area contributed by atoms with Crippen LogP contribution in [0.2, 0.25) is 0 Å². The molecule has 0 fully saturated rings. The van der Waals surface area contributed by atoms with Gasteiger partial charge in [0.1, 0.15) is 6.61 Å². The molecule has 3 aromatic rings. The first-order valence-corrected chi connectivity index (χ1v) is 11.3. The number of hydrogen-bond acceptors (Lipinski definition) is 2. The van der Waals surface area contributed by atoms with Gasteiger partial charge in [0.25, 0.3) is 0 Å². The Balaban J connectivity index is 1.38. The van der Waals surface area contributed by atoms with E-state index < -0.39 is 6.09 Å². The molecule has 3 heteroatoms. The summed E-state index contributed by atoms with van der Waals surface area (Å²) >= 11 is 0. The smallest absolute Gasteiger partial charge is 0.407 e. The summed E-state index contributed by atoms with van der Waals surface area (Å²) in [7, 11) is 0. The van der Waals surface area contributed by atoms with Gasteiger partial charge in [0.05, 0.1) is 6.54 Å². The van der Waals surface area contributed by atoms with Gasteiger partial charge in [-0.15, -0.1) is 0 Å². The molecule has 0 saturated carbocycles. The van der Waals surface area contributed by atoms with E-state index >= 15 is 0 Å². The van der Waals surface area contributed by atoms with Gasteiger partial charge in [-0.3, -0.25) is 0 Å². The Labute approximate surface area is 190 Å². The third-order valence-electron chi connectivity index (χ3n) is 6.09. The van der Waals surface area contributed by atoms with Crippen LogP contribution in [-0.4, -0.2) is 19.2 Å². The van der Waals surface area contributed by atoms with Crippen LogP contribution in [0.15, 0.2) is 60.7 Å². The highest BCUT2D eigenvalue weighted by atomic mass is 16.5. The molecule has 0 saturated heterocycles. The lowest BCUT2D eigenvalue weighted by Gasteiger charge is -2.14. The van der Waals surface area contributed by atoms with E-state index in [9.17, 15) is 4.79 Å². The van der Waals surface area contributed by atoms with Crippen LogP contribution in [0.25, 0.3) is 11.1 Å². The molecule has 0 unspecified atom stereocenters. The molecule has 162 valence electrons. The van der Waals surface area contributed by atoms with Crippen molar-refractivity contribution in [3.05, 3.63) is 94.0 Å². The first-order valence-electron chi connectivity index (χ1n) is 11.3. The van der Waals surface area contributed by atoms with E-state index in [4.69, 9.17) is 4.74 Å². The second-order valence-electron chi connectivity index (χ2n) is 8.15. The molecule has 0 bridgehead atoms. The number of hydrogen-bond donors (Lipinski definition) is 1. The predicted octanol–water partition coefficient (Wildman–Crippen LogP) is 6.01. The van der Waals surface area contributed by atoms with Crippen molar-refractivity contribution in [3.63, 3.8) is 0 Å². The lowest BCUT2D eigenvalue weighted by atomic mass is 9.95. The van der Waals surface area contributed by atoms with Crippen LogP contribution < -0.4 is 5.32 Å². The number of rotatable bonds is 5. The van der Waals surface area contributed by atoms with Crippen LogP contribution in [0.3, 0.4) is 0 Å². The predicted molar refractivity (Wildman–Crippen MR) is 130 cm³/mol. The van der Waals surface area contributed by atoms with Crippen LogP contribution >= 0.6 is 0 Å². The minimum atomic E-state index is -0.434. The number of fused-ring (bicyclic) bond motifs is 3. The fraction of sp³-hybridized carbons (Fsp3) is 0.276. The Morgan fingerprint density at radius 3 is 2.06 bits per heavy atom. The molecule has 1 amide bonds. The number of carbonyl (C=O) groups is 1. The lowest BCUT2D eigenvalue weighted by molar-refractivity contribution is 0.144. The highest BCUT2D eigenvalue weighted by molar-refractivity contribution is 5.79. The molecule has 0 heterocycles. The summed E-state index contributed by atoms with van der Waals surface area (Å²) in [4.78, 5) is 12.3. The van der Waals surface area contributed by atoms with Gasteiger partial charge in [0, 0.05) is 11.5 Å². The van der Waals surface area contributed by atoms with Crippen molar-refractivity contribution in [3.8, 4) is 23.0 Å². The monoisotopic (exact) mass is 423 g/mol. The molecule has 0 aliphatic heterocycles. The summed E-state index contributed by atoms with van der Waals surface area (Å²) in [5.41, 5.74) is 9.74. The summed E-state index contributed by atoms with van der Waals surface area (Å²) in [6, 6.07) is 21.0. The zero-order chi connectivity index (χ0) is 22.5. The molecule has 32 heavy (non-hydrogen) atoms. The minimum Gasteiger partial charge on any atom is -0.449 e. The zero-order valence-corrected chi connectivity index (χ0v) is 19.0. The maximum absolute atomic E-state index is 12.3. The van der Waals surface area contributed by atoms with Crippen molar-refractivity contribution in [1.82, 2.24) is 5.32 Å². The van der Waals surface area contributed by atoms with Gasteiger partial charge in [-0.1, -0.05) is 91.9 Å². The summed E-state index contributed by atoms with van der Waals surface area (Å²) in [5, 5.41) is 2.78. The number of carbonyl (C=O) groups excluding carboxylic acids is 1. The molecule has 3 nitrogen and oxygen atoms in total. The average molecular weight is 424 g/mol. The molecular formula is C29H29NO2. The molecule has 3 aromatic carbocycles. The van der Waals surface area contributed by atoms with Crippen molar-refractivity contribution >= 4 is 6.09 Å². The highest BCUT2D eigenvalue weighted by Gasteiger charge is 2.28.